The zero-order valence-corrected chi connectivity index (χ0v) is 16.4. The molecule has 0 aliphatic heterocycles. The first kappa shape index (κ1) is 19.5. The van der Waals surface area contributed by atoms with Gasteiger partial charge in [-0.05, 0) is 37.3 Å². The number of rotatable bonds is 7. The zero-order chi connectivity index (χ0) is 19.9. The van der Waals surface area contributed by atoms with E-state index < -0.39 is 0 Å². The summed E-state index contributed by atoms with van der Waals surface area (Å²) in [6.45, 7) is 2.66. The molecule has 0 fully saturated rings. The quantitative estimate of drug-likeness (QED) is 0.617. The smallest absolute Gasteiger partial charge is 0.234 e. The van der Waals surface area contributed by atoms with Gasteiger partial charge in [-0.2, -0.15) is 5.26 Å². The van der Waals surface area contributed by atoms with Gasteiger partial charge in [0.05, 0.1) is 30.1 Å². The lowest BCUT2D eigenvalue weighted by atomic mass is 10.2. The highest BCUT2D eigenvalue weighted by Crippen LogP contribution is 2.30. The van der Waals surface area contributed by atoms with E-state index in [4.69, 9.17) is 10.00 Å². The largest absolute Gasteiger partial charge is 0.496 e. The molecular weight excluding hydrogens is 374 g/mol. The Morgan fingerprint density at radius 2 is 2.07 bits per heavy atom. The van der Waals surface area contributed by atoms with Crippen molar-refractivity contribution in [3.05, 3.63) is 54.1 Å². The lowest BCUT2D eigenvalue weighted by Crippen LogP contribution is -2.14. The molecule has 3 aromatic rings. The number of benzene rings is 2. The number of hydrogen-bond acceptors (Lipinski definition) is 6. The predicted molar refractivity (Wildman–Crippen MR) is 108 cm³/mol. The Kier molecular flexibility index (Phi) is 6.29. The second-order valence-electron chi connectivity index (χ2n) is 5.78. The number of carbonyl (C=O) groups is 1. The number of nitrogens with zero attached hydrogens (tertiary/aromatic N) is 4. The fraction of sp³-hybridized carbons (Fsp3) is 0.200. The van der Waals surface area contributed by atoms with Crippen molar-refractivity contribution in [3.8, 4) is 23.2 Å². The normalized spacial score (nSPS) is 10.3. The third kappa shape index (κ3) is 4.32. The summed E-state index contributed by atoms with van der Waals surface area (Å²) in [4.78, 5) is 12.3. The van der Waals surface area contributed by atoms with E-state index in [1.54, 1.807) is 31.4 Å². The Morgan fingerprint density at radius 1 is 1.25 bits per heavy atom. The summed E-state index contributed by atoms with van der Waals surface area (Å²) >= 11 is 1.31. The second kappa shape index (κ2) is 9.06. The fourth-order valence-electron chi connectivity index (χ4n) is 2.70. The van der Waals surface area contributed by atoms with Gasteiger partial charge in [0.2, 0.25) is 5.91 Å². The van der Waals surface area contributed by atoms with Crippen LogP contribution in [0.5, 0.6) is 5.75 Å². The molecule has 0 spiro atoms. The first-order valence-corrected chi connectivity index (χ1v) is 9.64. The highest BCUT2D eigenvalue weighted by molar-refractivity contribution is 7.99. The Hall–Kier alpha value is -3.31. The van der Waals surface area contributed by atoms with Crippen LogP contribution >= 0.6 is 11.8 Å². The van der Waals surface area contributed by atoms with Crippen LogP contribution in [-0.4, -0.2) is 33.5 Å². The van der Waals surface area contributed by atoms with Gasteiger partial charge in [0, 0.05) is 12.2 Å². The second-order valence-corrected chi connectivity index (χ2v) is 6.72. The molecule has 0 aliphatic rings. The van der Waals surface area contributed by atoms with Crippen LogP contribution in [0.25, 0.3) is 11.4 Å². The lowest BCUT2D eigenvalue weighted by molar-refractivity contribution is -0.113. The number of carbonyl (C=O) groups excluding carboxylic acids is 1. The van der Waals surface area contributed by atoms with E-state index in [2.05, 4.69) is 21.6 Å². The molecule has 1 N–H and O–H groups in total. The minimum Gasteiger partial charge on any atom is -0.496 e. The summed E-state index contributed by atoms with van der Waals surface area (Å²) in [5, 5.41) is 20.9. The molecule has 0 saturated heterocycles. The van der Waals surface area contributed by atoms with Gasteiger partial charge in [-0.1, -0.05) is 30.0 Å². The number of methoxy groups -OCH3 is 1. The molecule has 1 heterocycles. The van der Waals surface area contributed by atoms with Crippen molar-refractivity contribution < 1.29 is 9.53 Å². The maximum absolute atomic E-state index is 12.3. The van der Waals surface area contributed by atoms with E-state index in [1.807, 2.05) is 35.8 Å². The molecule has 2 aromatic carbocycles. The number of hydrogen-bond donors (Lipinski definition) is 1. The van der Waals surface area contributed by atoms with Crippen LogP contribution in [0.15, 0.2) is 53.7 Å². The molecule has 8 heteroatoms. The van der Waals surface area contributed by atoms with Crippen molar-refractivity contribution >= 4 is 23.4 Å². The molecule has 0 aliphatic carbocycles. The van der Waals surface area contributed by atoms with E-state index in [0.717, 1.165) is 11.3 Å². The fourth-order valence-corrected chi connectivity index (χ4v) is 3.51. The van der Waals surface area contributed by atoms with E-state index >= 15 is 0 Å². The average molecular weight is 393 g/mol. The molecule has 0 unspecified atom stereocenters. The van der Waals surface area contributed by atoms with Crippen LogP contribution in [0.2, 0.25) is 0 Å². The summed E-state index contributed by atoms with van der Waals surface area (Å²) in [6, 6.07) is 16.5. The SMILES string of the molecule is CCn1c(SCC(=O)Nc2cccc(C#N)c2)nnc1-c1ccccc1OC. The molecule has 3 rings (SSSR count). The van der Waals surface area contributed by atoms with Crippen molar-refractivity contribution in [3.63, 3.8) is 0 Å². The van der Waals surface area contributed by atoms with Crippen LogP contribution in [0.1, 0.15) is 12.5 Å². The predicted octanol–water partition coefficient (Wildman–Crippen LogP) is 3.58. The van der Waals surface area contributed by atoms with Gasteiger partial charge >= 0.3 is 0 Å². The van der Waals surface area contributed by atoms with Gasteiger partial charge in [0.1, 0.15) is 5.75 Å². The van der Waals surface area contributed by atoms with Crippen LogP contribution in [-0.2, 0) is 11.3 Å². The van der Waals surface area contributed by atoms with Crippen LogP contribution in [0.4, 0.5) is 5.69 Å². The highest BCUT2D eigenvalue weighted by Gasteiger charge is 2.17. The number of anilines is 1. The maximum Gasteiger partial charge on any atom is 0.234 e. The van der Waals surface area contributed by atoms with Crippen molar-refractivity contribution in [2.75, 3.05) is 18.2 Å². The third-order valence-corrected chi connectivity index (χ3v) is 4.96. The molecule has 0 bridgehead atoms. The minimum absolute atomic E-state index is 0.176. The Bertz CT molecular complexity index is 1030. The Balaban J connectivity index is 1.72. The molecular formula is C20H19N5O2S. The van der Waals surface area contributed by atoms with Crippen molar-refractivity contribution in [2.24, 2.45) is 0 Å². The Morgan fingerprint density at radius 3 is 2.82 bits per heavy atom. The first-order valence-electron chi connectivity index (χ1n) is 8.65. The van der Waals surface area contributed by atoms with Crippen molar-refractivity contribution in [1.29, 1.82) is 5.26 Å². The van der Waals surface area contributed by atoms with Gasteiger partial charge < -0.3 is 14.6 Å². The zero-order valence-electron chi connectivity index (χ0n) is 15.5. The summed E-state index contributed by atoms with van der Waals surface area (Å²) in [7, 11) is 1.62. The number of nitrogens with one attached hydrogen (secondary N) is 1. The third-order valence-electron chi connectivity index (χ3n) is 3.99. The maximum atomic E-state index is 12.3. The van der Waals surface area contributed by atoms with E-state index in [-0.39, 0.29) is 11.7 Å². The first-order chi connectivity index (χ1) is 13.7. The number of thioether (sulfide) groups is 1. The standard InChI is InChI=1S/C20H19N5O2S/c1-3-25-19(16-9-4-5-10-17(16)27-2)23-24-20(25)28-13-18(26)22-15-8-6-7-14(11-15)12-21/h4-11H,3,13H2,1-2H3,(H,22,26). The van der Waals surface area contributed by atoms with Gasteiger partial charge in [0.25, 0.3) is 0 Å². The number of nitriles is 1. The Labute approximate surface area is 167 Å². The summed E-state index contributed by atoms with van der Waals surface area (Å²) in [6.07, 6.45) is 0. The number of aromatic nitrogens is 3. The summed E-state index contributed by atoms with van der Waals surface area (Å²) < 4.78 is 7.37. The summed E-state index contributed by atoms with van der Waals surface area (Å²) in [5.74, 6) is 1.42. The average Bonchev–Trinajstić information content (AvgIpc) is 3.15. The van der Waals surface area contributed by atoms with Crippen LogP contribution < -0.4 is 10.1 Å². The van der Waals surface area contributed by atoms with Crippen molar-refractivity contribution in [1.82, 2.24) is 14.8 Å². The number of amides is 1. The minimum atomic E-state index is -0.176. The van der Waals surface area contributed by atoms with Gasteiger partial charge in [-0.25, -0.2) is 0 Å². The summed E-state index contributed by atoms with van der Waals surface area (Å²) in [5.41, 5.74) is 1.94. The van der Waals surface area contributed by atoms with E-state index in [9.17, 15) is 4.79 Å². The van der Waals surface area contributed by atoms with E-state index in [0.29, 0.717) is 28.8 Å². The molecule has 142 valence electrons. The van der Waals surface area contributed by atoms with Gasteiger partial charge in [0.15, 0.2) is 11.0 Å². The highest BCUT2D eigenvalue weighted by atomic mass is 32.2. The topological polar surface area (TPSA) is 92.8 Å². The van der Waals surface area contributed by atoms with Crippen LogP contribution in [0.3, 0.4) is 0 Å². The molecule has 7 nitrogen and oxygen atoms in total. The number of para-hydroxylation sites is 1. The molecule has 1 aromatic heterocycles. The lowest BCUT2D eigenvalue weighted by Gasteiger charge is -2.10. The number of ether oxygens (including phenoxy) is 1. The van der Waals surface area contributed by atoms with E-state index in [1.165, 1.54) is 11.8 Å². The molecule has 0 atom stereocenters. The van der Waals surface area contributed by atoms with Gasteiger partial charge in [-0.15, -0.1) is 10.2 Å². The van der Waals surface area contributed by atoms with Crippen LogP contribution in [0, 0.1) is 11.3 Å². The molecule has 0 saturated carbocycles. The molecule has 1 amide bonds. The van der Waals surface area contributed by atoms with Gasteiger partial charge in [-0.3, -0.25) is 4.79 Å². The van der Waals surface area contributed by atoms with Crippen molar-refractivity contribution in [2.45, 2.75) is 18.6 Å². The molecule has 0 radical (unpaired) electrons. The molecule has 28 heavy (non-hydrogen) atoms. The monoisotopic (exact) mass is 393 g/mol.